The van der Waals surface area contributed by atoms with E-state index in [9.17, 15) is 4.79 Å². The number of likely N-dealkylation sites (tertiary alicyclic amines) is 1. The fourth-order valence-corrected chi connectivity index (χ4v) is 2.40. The van der Waals surface area contributed by atoms with E-state index in [-0.39, 0.29) is 18.3 Å². The van der Waals surface area contributed by atoms with Crippen LogP contribution in [-0.2, 0) is 19.0 Å². The third-order valence-electron chi connectivity index (χ3n) is 3.13. The molecular weight excluding hydrogens is 258 g/mol. The Kier molecular flexibility index (Phi) is 6.92. The van der Waals surface area contributed by atoms with Gasteiger partial charge in [0, 0.05) is 13.2 Å². The Balaban J connectivity index is 2.57. The highest BCUT2D eigenvalue weighted by atomic mass is 16.7. The summed E-state index contributed by atoms with van der Waals surface area (Å²) in [5.41, 5.74) is -0.440. The quantitative estimate of drug-likeness (QED) is 0.530. The molecule has 1 saturated heterocycles. The van der Waals surface area contributed by atoms with Crippen LogP contribution in [0.1, 0.15) is 47.5 Å². The normalized spacial score (nSPS) is 20.6. The molecular formula is C15H29NO4. The summed E-state index contributed by atoms with van der Waals surface area (Å²) in [6.45, 7) is 12.3. The number of hydrogen-bond donors (Lipinski definition) is 0. The van der Waals surface area contributed by atoms with Crippen LogP contribution in [0.3, 0.4) is 0 Å². The molecule has 0 aromatic carbocycles. The van der Waals surface area contributed by atoms with Crippen LogP contribution in [0.2, 0.25) is 0 Å². The van der Waals surface area contributed by atoms with Crippen molar-refractivity contribution in [3.05, 3.63) is 0 Å². The fraction of sp³-hybridized carbons (Fsp3) is 0.933. The first-order valence-corrected chi connectivity index (χ1v) is 7.57. The fourth-order valence-electron chi connectivity index (χ4n) is 2.40. The molecule has 1 rings (SSSR count). The van der Waals surface area contributed by atoms with E-state index in [1.54, 1.807) is 0 Å². The topological polar surface area (TPSA) is 48.0 Å². The molecule has 5 heteroatoms. The number of ether oxygens (including phenoxy) is 3. The van der Waals surface area contributed by atoms with Crippen LogP contribution < -0.4 is 0 Å². The van der Waals surface area contributed by atoms with Gasteiger partial charge in [0.2, 0.25) is 0 Å². The number of esters is 1. The lowest BCUT2D eigenvalue weighted by molar-refractivity contribution is -0.167. The Morgan fingerprint density at radius 3 is 2.35 bits per heavy atom. The zero-order valence-corrected chi connectivity index (χ0v) is 13.5. The van der Waals surface area contributed by atoms with Crippen LogP contribution >= 0.6 is 0 Å². The van der Waals surface area contributed by atoms with Gasteiger partial charge in [-0.2, -0.15) is 0 Å². The molecule has 0 spiro atoms. The van der Waals surface area contributed by atoms with E-state index in [4.69, 9.17) is 14.2 Å². The first-order valence-electron chi connectivity index (χ1n) is 7.57. The summed E-state index contributed by atoms with van der Waals surface area (Å²) in [6, 6.07) is -0.169. The van der Waals surface area contributed by atoms with E-state index >= 15 is 0 Å². The van der Waals surface area contributed by atoms with Gasteiger partial charge in [-0.05, 0) is 54.0 Å². The zero-order chi connectivity index (χ0) is 15.2. The molecule has 20 heavy (non-hydrogen) atoms. The maximum atomic E-state index is 12.2. The number of carbonyl (C=O) groups excluding carboxylic acids is 1. The van der Waals surface area contributed by atoms with E-state index in [0.29, 0.717) is 19.8 Å². The van der Waals surface area contributed by atoms with Crippen molar-refractivity contribution in [2.45, 2.75) is 65.4 Å². The van der Waals surface area contributed by atoms with Crippen molar-refractivity contribution in [1.82, 2.24) is 4.90 Å². The molecule has 1 atom stereocenters. The third-order valence-corrected chi connectivity index (χ3v) is 3.13. The van der Waals surface area contributed by atoms with Gasteiger partial charge in [-0.1, -0.05) is 0 Å². The molecule has 0 aromatic rings. The first-order chi connectivity index (χ1) is 9.37. The van der Waals surface area contributed by atoms with E-state index in [1.165, 1.54) is 0 Å². The highest BCUT2D eigenvalue weighted by Gasteiger charge is 2.35. The smallest absolute Gasteiger partial charge is 0.323 e. The van der Waals surface area contributed by atoms with Crippen molar-refractivity contribution < 1.29 is 19.0 Å². The Bertz CT molecular complexity index is 295. The summed E-state index contributed by atoms with van der Waals surface area (Å²) in [4.78, 5) is 14.3. The van der Waals surface area contributed by atoms with Crippen LogP contribution in [0.15, 0.2) is 0 Å². The van der Waals surface area contributed by atoms with Gasteiger partial charge in [0.1, 0.15) is 11.6 Å². The maximum Gasteiger partial charge on any atom is 0.323 e. The van der Waals surface area contributed by atoms with Crippen LogP contribution in [0.25, 0.3) is 0 Å². The lowest BCUT2D eigenvalue weighted by Gasteiger charge is -2.29. The van der Waals surface area contributed by atoms with Gasteiger partial charge < -0.3 is 14.2 Å². The van der Waals surface area contributed by atoms with E-state index in [2.05, 4.69) is 4.90 Å². The standard InChI is InChI=1S/C15H29NO4/c1-6-18-13(19-7-2)11-16-10-8-9-12(16)14(17)20-15(3,4)5/h12-13H,6-11H2,1-5H3/t12-/m1/s1. The van der Waals surface area contributed by atoms with Crippen molar-refractivity contribution in [3.63, 3.8) is 0 Å². The third kappa shape index (κ3) is 5.77. The van der Waals surface area contributed by atoms with Crippen molar-refractivity contribution in [3.8, 4) is 0 Å². The maximum absolute atomic E-state index is 12.2. The molecule has 0 saturated carbocycles. The van der Waals surface area contributed by atoms with Crippen molar-refractivity contribution in [2.75, 3.05) is 26.3 Å². The van der Waals surface area contributed by atoms with E-state index in [1.807, 2.05) is 34.6 Å². The van der Waals surface area contributed by atoms with Crippen LogP contribution in [0.4, 0.5) is 0 Å². The van der Waals surface area contributed by atoms with Crippen LogP contribution in [0.5, 0.6) is 0 Å². The Morgan fingerprint density at radius 1 is 1.25 bits per heavy atom. The molecule has 118 valence electrons. The van der Waals surface area contributed by atoms with Crippen LogP contribution in [-0.4, -0.2) is 55.1 Å². The molecule has 0 amide bonds. The van der Waals surface area contributed by atoms with Gasteiger partial charge in [-0.25, -0.2) is 0 Å². The zero-order valence-electron chi connectivity index (χ0n) is 13.5. The average Bonchev–Trinajstić information content (AvgIpc) is 2.75. The number of nitrogens with zero attached hydrogens (tertiary/aromatic N) is 1. The van der Waals surface area contributed by atoms with Gasteiger partial charge in [0.15, 0.2) is 6.29 Å². The summed E-state index contributed by atoms with van der Waals surface area (Å²) in [5.74, 6) is -0.137. The molecule has 5 nitrogen and oxygen atoms in total. The summed E-state index contributed by atoms with van der Waals surface area (Å²) >= 11 is 0. The second kappa shape index (κ2) is 7.96. The highest BCUT2D eigenvalue weighted by molar-refractivity contribution is 5.76. The summed E-state index contributed by atoms with van der Waals surface area (Å²) in [5, 5.41) is 0. The predicted octanol–water partition coefficient (Wildman–Crippen LogP) is 2.19. The van der Waals surface area contributed by atoms with Gasteiger partial charge in [-0.15, -0.1) is 0 Å². The highest BCUT2D eigenvalue weighted by Crippen LogP contribution is 2.21. The minimum Gasteiger partial charge on any atom is -0.459 e. The molecule has 0 bridgehead atoms. The Hall–Kier alpha value is -0.650. The number of rotatable bonds is 7. The van der Waals surface area contributed by atoms with Crippen molar-refractivity contribution in [2.24, 2.45) is 0 Å². The van der Waals surface area contributed by atoms with Gasteiger partial charge in [-0.3, -0.25) is 9.69 Å². The molecule has 1 aliphatic rings. The second-order valence-corrected chi connectivity index (χ2v) is 6.03. The number of hydrogen-bond acceptors (Lipinski definition) is 5. The summed E-state index contributed by atoms with van der Waals surface area (Å²) in [7, 11) is 0. The molecule has 0 unspecified atom stereocenters. The lowest BCUT2D eigenvalue weighted by atomic mass is 10.1. The van der Waals surface area contributed by atoms with E-state index < -0.39 is 5.60 Å². The largest absolute Gasteiger partial charge is 0.459 e. The first kappa shape index (κ1) is 17.4. The van der Waals surface area contributed by atoms with Crippen molar-refractivity contribution in [1.29, 1.82) is 0 Å². The molecule has 0 aliphatic carbocycles. The molecule has 0 N–H and O–H groups in total. The minimum absolute atomic E-state index is 0.137. The van der Waals surface area contributed by atoms with Gasteiger partial charge >= 0.3 is 5.97 Å². The molecule has 0 radical (unpaired) electrons. The Labute approximate surface area is 122 Å². The van der Waals surface area contributed by atoms with E-state index in [0.717, 1.165) is 19.4 Å². The summed E-state index contributed by atoms with van der Waals surface area (Å²) in [6.07, 6.45) is 1.59. The van der Waals surface area contributed by atoms with Crippen LogP contribution in [0, 0.1) is 0 Å². The average molecular weight is 287 g/mol. The molecule has 1 heterocycles. The monoisotopic (exact) mass is 287 g/mol. The number of carbonyl (C=O) groups is 1. The predicted molar refractivity (Wildman–Crippen MR) is 77.5 cm³/mol. The second-order valence-electron chi connectivity index (χ2n) is 6.03. The molecule has 1 fully saturated rings. The molecule has 1 aliphatic heterocycles. The summed E-state index contributed by atoms with van der Waals surface area (Å²) < 4.78 is 16.6. The minimum atomic E-state index is -0.440. The molecule has 0 aromatic heterocycles. The van der Waals surface area contributed by atoms with Gasteiger partial charge in [0.25, 0.3) is 0 Å². The lowest BCUT2D eigenvalue weighted by Crippen LogP contribution is -2.44. The van der Waals surface area contributed by atoms with Gasteiger partial charge in [0.05, 0.1) is 6.54 Å². The SMILES string of the molecule is CCOC(CN1CCC[C@@H]1C(=O)OC(C)(C)C)OCC. The van der Waals surface area contributed by atoms with Crippen molar-refractivity contribution >= 4 is 5.97 Å². The Morgan fingerprint density at radius 2 is 1.85 bits per heavy atom.